The highest BCUT2D eigenvalue weighted by Crippen LogP contribution is 1.97. The predicted molar refractivity (Wildman–Crippen MR) is 64.1 cm³/mol. The van der Waals surface area contributed by atoms with Crippen LogP contribution in [0.25, 0.3) is 0 Å². The van der Waals surface area contributed by atoms with Gasteiger partial charge >= 0.3 is 18.0 Å². The molecule has 0 heterocycles. The number of nitrogens with one attached hydrogen (secondary N) is 2. The molecule has 0 aliphatic carbocycles. The smallest absolute Gasteiger partial charge is 0.328 e. The maximum atomic E-state index is 11.5. The van der Waals surface area contributed by atoms with E-state index in [0.29, 0.717) is 12.8 Å². The van der Waals surface area contributed by atoms with Gasteiger partial charge in [-0.05, 0) is 20.3 Å². The molecule has 0 spiro atoms. The van der Waals surface area contributed by atoms with Gasteiger partial charge in [0.2, 0.25) is 0 Å². The second-order valence-electron chi connectivity index (χ2n) is 3.77. The van der Waals surface area contributed by atoms with Gasteiger partial charge in [-0.25, -0.2) is 14.4 Å². The Kier molecular flexibility index (Phi) is 7.50. The summed E-state index contributed by atoms with van der Waals surface area (Å²) in [5.41, 5.74) is 0. The third-order valence-electron chi connectivity index (χ3n) is 2.17. The van der Waals surface area contributed by atoms with Crippen molar-refractivity contribution in [2.24, 2.45) is 0 Å². The first-order valence-corrected chi connectivity index (χ1v) is 5.88. The largest absolute Gasteiger partial charge is 0.480 e. The SMILES string of the molecule is CCC[C@@H](NC(=O)NC(C)C(=O)OCC)C(=O)O. The number of hydrogen-bond acceptors (Lipinski definition) is 4. The number of carboxylic acid groups (broad SMARTS) is 1. The van der Waals surface area contributed by atoms with E-state index in [2.05, 4.69) is 10.6 Å². The van der Waals surface area contributed by atoms with Crippen molar-refractivity contribution in [1.82, 2.24) is 10.6 Å². The molecule has 0 aromatic rings. The van der Waals surface area contributed by atoms with Crippen LogP contribution >= 0.6 is 0 Å². The fourth-order valence-electron chi connectivity index (χ4n) is 1.27. The van der Waals surface area contributed by atoms with Gasteiger partial charge in [0.15, 0.2) is 0 Å². The lowest BCUT2D eigenvalue weighted by atomic mass is 10.2. The molecule has 104 valence electrons. The molecule has 3 N–H and O–H groups in total. The van der Waals surface area contributed by atoms with Gasteiger partial charge in [0, 0.05) is 0 Å². The van der Waals surface area contributed by atoms with Crippen LogP contribution in [0.3, 0.4) is 0 Å². The predicted octanol–water partition coefficient (Wildman–Crippen LogP) is 0.491. The molecular formula is C11H20N2O5. The van der Waals surface area contributed by atoms with Gasteiger partial charge < -0.3 is 20.5 Å². The van der Waals surface area contributed by atoms with Crippen LogP contribution in [0.15, 0.2) is 0 Å². The molecule has 0 fully saturated rings. The van der Waals surface area contributed by atoms with Gasteiger partial charge in [0.25, 0.3) is 0 Å². The van der Waals surface area contributed by atoms with Gasteiger partial charge in [0.1, 0.15) is 12.1 Å². The fraction of sp³-hybridized carbons (Fsp3) is 0.727. The minimum atomic E-state index is -1.10. The lowest BCUT2D eigenvalue weighted by Crippen LogP contribution is -2.50. The summed E-state index contributed by atoms with van der Waals surface area (Å²) in [6.07, 6.45) is 0.960. The molecule has 0 aliphatic heterocycles. The van der Waals surface area contributed by atoms with Gasteiger partial charge in [-0.1, -0.05) is 13.3 Å². The molecule has 2 atom stereocenters. The Morgan fingerprint density at radius 1 is 1.22 bits per heavy atom. The Hall–Kier alpha value is -1.79. The maximum absolute atomic E-state index is 11.5. The van der Waals surface area contributed by atoms with Crippen LogP contribution in [0.5, 0.6) is 0 Å². The van der Waals surface area contributed by atoms with Crippen LogP contribution in [-0.4, -0.2) is 41.8 Å². The Morgan fingerprint density at radius 3 is 2.28 bits per heavy atom. The van der Waals surface area contributed by atoms with E-state index in [-0.39, 0.29) is 6.61 Å². The second-order valence-corrected chi connectivity index (χ2v) is 3.77. The van der Waals surface area contributed by atoms with Crippen molar-refractivity contribution >= 4 is 18.0 Å². The number of amides is 2. The number of hydrogen-bond donors (Lipinski definition) is 3. The average Bonchev–Trinajstić information content (AvgIpc) is 2.28. The van der Waals surface area contributed by atoms with Crippen molar-refractivity contribution in [2.75, 3.05) is 6.61 Å². The summed E-state index contributed by atoms with van der Waals surface area (Å²) in [5.74, 6) is -1.66. The standard InChI is InChI=1S/C11H20N2O5/c1-4-6-8(9(14)15)13-11(17)12-7(3)10(16)18-5-2/h7-8H,4-6H2,1-3H3,(H,14,15)(H2,12,13,17)/t7?,8-/m1/s1. The fourth-order valence-corrected chi connectivity index (χ4v) is 1.27. The maximum Gasteiger partial charge on any atom is 0.328 e. The van der Waals surface area contributed by atoms with Crippen LogP contribution in [0.1, 0.15) is 33.6 Å². The highest BCUT2D eigenvalue weighted by atomic mass is 16.5. The molecule has 7 nitrogen and oxygen atoms in total. The minimum Gasteiger partial charge on any atom is -0.480 e. The summed E-state index contributed by atoms with van der Waals surface area (Å²) in [4.78, 5) is 33.5. The van der Waals surface area contributed by atoms with E-state index in [1.54, 1.807) is 6.92 Å². The van der Waals surface area contributed by atoms with Crippen molar-refractivity contribution in [3.8, 4) is 0 Å². The van der Waals surface area contributed by atoms with Gasteiger partial charge in [-0.15, -0.1) is 0 Å². The number of aliphatic carboxylic acids is 1. The molecule has 0 bridgehead atoms. The number of urea groups is 1. The highest BCUT2D eigenvalue weighted by molar-refractivity contribution is 5.86. The highest BCUT2D eigenvalue weighted by Gasteiger charge is 2.21. The van der Waals surface area contributed by atoms with E-state index in [0.717, 1.165) is 0 Å². The molecule has 0 rings (SSSR count). The molecule has 18 heavy (non-hydrogen) atoms. The van der Waals surface area contributed by atoms with Crippen LogP contribution in [0, 0.1) is 0 Å². The first-order chi connectivity index (χ1) is 8.42. The van der Waals surface area contributed by atoms with Gasteiger partial charge in [-0.3, -0.25) is 0 Å². The molecule has 0 saturated carbocycles. The van der Waals surface area contributed by atoms with E-state index >= 15 is 0 Å². The molecule has 2 amide bonds. The number of rotatable bonds is 7. The summed E-state index contributed by atoms with van der Waals surface area (Å²) in [5, 5.41) is 13.5. The number of carbonyl (C=O) groups is 3. The molecular weight excluding hydrogens is 240 g/mol. The summed E-state index contributed by atoms with van der Waals surface area (Å²) < 4.78 is 4.71. The number of carbonyl (C=O) groups excluding carboxylic acids is 2. The zero-order valence-corrected chi connectivity index (χ0v) is 10.9. The van der Waals surface area contributed by atoms with Crippen LogP contribution in [0.2, 0.25) is 0 Å². The molecule has 1 unspecified atom stereocenters. The van der Waals surface area contributed by atoms with Crippen molar-refractivity contribution in [1.29, 1.82) is 0 Å². The molecule has 0 aromatic carbocycles. The third-order valence-corrected chi connectivity index (χ3v) is 2.17. The molecule has 7 heteroatoms. The number of carboxylic acids is 1. The zero-order valence-electron chi connectivity index (χ0n) is 10.9. The summed E-state index contributed by atoms with van der Waals surface area (Å²) in [6.45, 7) is 5.16. The number of ether oxygens (including phenoxy) is 1. The lowest BCUT2D eigenvalue weighted by molar-refractivity contribution is -0.144. The van der Waals surface area contributed by atoms with E-state index < -0.39 is 30.1 Å². The van der Waals surface area contributed by atoms with Crippen molar-refractivity contribution in [2.45, 2.75) is 45.7 Å². The Labute approximate surface area is 106 Å². The monoisotopic (exact) mass is 260 g/mol. The van der Waals surface area contributed by atoms with Crippen LogP contribution in [0.4, 0.5) is 4.79 Å². The summed E-state index contributed by atoms with van der Waals surface area (Å²) in [7, 11) is 0. The summed E-state index contributed by atoms with van der Waals surface area (Å²) in [6, 6.07) is -2.47. The quantitative estimate of drug-likeness (QED) is 0.578. The van der Waals surface area contributed by atoms with E-state index in [4.69, 9.17) is 9.84 Å². The van der Waals surface area contributed by atoms with Crippen LogP contribution in [-0.2, 0) is 14.3 Å². The Bertz CT molecular complexity index is 306. The average molecular weight is 260 g/mol. The first kappa shape index (κ1) is 16.2. The Morgan fingerprint density at radius 2 is 1.83 bits per heavy atom. The second kappa shape index (κ2) is 8.32. The van der Waals surface area contributed by atoms with Gasteiger partial charge in [-0.2, -0.15) is 0 Å². The molecule has 0 aliphatic rings. The topological polar surface area (TPSA) is 105 Å². The van der Waals surface area contributed by atoms with Crippen molar-refractivity contribution in [3.63, 3.8) is 0 Å². The van der Waals surface area contributed by atoms with E-state index in [1.807, 2.05) is 6.92 Å². The first-order valence-electron chi connectivity index (χ1n) is 5.88. The molecule has 0 saturated heterocycles. The summed E-state index contributed by atoms with van der Waals surface area (Å²) >= 11 is 0. The van der Waals surface area contributed by atoms with Crippen molar-refractivity contribution in [3.05, 3.63) is 0 Å². The van der Waals surface area contributed by atoms with E-state index in [9.17, 15) is 14.4 Å². The molecule has 0 radical (unpaired) electrons. The normalized spacial score (nSPS) is 13.3. The van der Waals surface area contributed by atoms with Gasteiger partial charge in [0.05, 0.1) is 6.61 Å². The third kappa shape index (κ3) is 6.07. The number of esters is 1. The van der Waals surface area contributed by atoms with E-state index in [1.165, 1.54) is 6.92 Å². The van der Waals surface area contributed by atoms with Crippen LogP contribution < -0.4 is 10.6 Å². The minimum absolute atomic E-state index is 0.222. The van der Waals surface area contributed by atoms with Crippen molar-refractivity contribution < 1.29 is 24.2 Å². The molecule has 0 aromatic heterocycles. The Balaban J connectivity index is 4.23. The zero-order chi connectivity index (χ0) is 14.1. The lowest BCUT2D eigenvalue weighted by Gasteiger charge is -2.17.